The first kappa shape index (κ1) is 19.8. The number of carbonyl (C=O) groups is 1. The van der Waals surface area contributed by atoms with Crippen LogP contribution in [0.3, 0.4) is 0 Å². The molecule has 1 aromatic rings. The van der Waals surface area contributed by atoms with E-state index >= 15 is 0 Å². The van der Waals surface area contributed by atoms with E-state index in [9.17, 15) is 20.1 Å². The van der Waals surface area contributed by atoms with Gasteiger partial charge in [0, 0.05) is 7.05 Å². The lowest BCUT2D eigenvalue weighted by molar-refractivity contribution is -0.134. The Morgan fingerprint density at radius 1 is 1.20 bits per heavy atom. The zero-order valence-corrected chi connectivity index (χ0v) is 15.2. The van der Waals surface area contributed by atoms with Gasteiger partial charge in [-0.2, -0.15) is 0 Å². The van der Waals surface area contributed by atoms with Crippen molar-refractivity contribution in [3.05, 3.63) is 35.9 Å². The molecular formula is C19H30N2O4. The van der Waals surface area contributed by atoms with Crippen molar-refractivity contribution >= 4 is 5.91 Å². The van der Waals surface area contributed by atoms with Crippen molar-refractivity contribution in [2.45, 2.75) is 51.0 Å². The van der Waals surface area contributed by atoms with Crippen LogP contribution in [0, 0.1) is 5.41 Å². The van der Waals surface area contributed by atoms with Crippen molar-refractivity contribution in [3.63, 3.8) is 0 Å². The summed E-state index contributed by atoms with van der Waals surface area (Å²) in [6, 6.07) is 8.95. The van der Waals surface area contributed by atoms with Gasteiger partial charge in [0.2, 0.25) is 5.91 Å². The number of amides is 1. The molecule has 1 heterocycles. The molecule has 1 aliphatic heterocycles. The summed E-state index contributed by atoms with van der Waals surface area (Å²) in [5.74, 6) is -0.199. The fourth-order valence-electron chi connectivity index (χ4n) is 3.94. The first-order valence-electron chi connectivity index (χ1n) is 8.83. The minimum Gasteiger partial charge on any atom is -0.395 e. The third-order valence-electron chi connectivity index (χ3n) is 5.31. The molecule has 6 heteroatoms. The van der Waals surface area contributed by atoms with Crippen molar-refractivity contribution < 1.29 is 20.1 Å². The third-order valence-corrected chi connectivity index (χ3v) is 5.31. The van der Waals surface area contributed by atoms with Crippen LogP contribution >= 0.6 is 0 Å². The van der Waals surface area contributed by atoms with E-state index in [0.717, 1.165) is 12.8 Å². The molecule has 2 rings (SSSR count). The number of aliphatic hydroxyl groups excluding tert-OH is 3. The first-order chi connectivity index (χ1) is 11.8. The van der Waals surface area contributed by atoms with Gasteiger partial charge < -0.3 is 20.6 Å². The van der Waals surface area contributed by atoms with Crippen LogP contribution < -0.4 is 5.32 Å². The minimum absolute atomic E-state index is 0.199. The quantitative estimate of drug-likeness (QED) is 0.562. The fourth-order valence-corrected chi connectivity index (χ4v) is 3.94. The van der Waals surface area contributed by atoms with Crippen LogP contribution in [-0.4, -0.2) is 70.6 Å². The summed E-state index contributed by atoms with van der Waals surface area (Å²) in [5, 5.41) is 33.2. The van der Waals surface area contributed by atoms with Crippen LogP contribution in [0.1, 0.15) is 25.8 Å². The number of nitrogens with one attached hydrogen (secondary N) is 1. The topological polar surface area (TPSA) is 93.0 Å². The number of hydrogen-bond donors (Lipinski definition) is 4. The zero-order valence-electron chi connectivity index (χ0n) is 15.2. The zero-order chi connectivity index (χ0) is 18.6. The second kappa shape index (κ2) is 8.27. The first-order valence-corrected chi connectivity index (χ1v) is 8.83. The average Bonchev–Trinajstić information content (AvgIpc) is 2.85. The van der Waals surface area contributed by atoms with Gasteiger partial charge in [-0.15, -0.1) is 0 Å². The van der Waals surface area contributed by atoms with Crippen molar-refractivity contribution in [2.75, 3.05) is 20.2 Å². The molecule has 4 N–H and O–H groups in total. The smallest absolute Gasteiger partial charge is 0.227 e. The highest BCUT2D eigenvalue weighted by atomic mass is 16.3. The lowest BCUT2D eigenvalue weighted by atomic mass is 9.80. The molecule has 1 amide bonds. The highest BCUT2D eigenvalue weighted by molar-refractivity contribution is 5.82. The van der Waals surface area contributed by atoms with Gasteiger partial charge in [0.1, 0.15) is 0 Å². The monoisotopic (exact) mass is 350 g/mol. The molecular weight excluding hydrogens is 320 g/mol. The van der Waals surface area contributed by atoms with Crippen molar-refractivity contribution in [1.29, 1.82) is 0 Å². The third kappa shape index (κ3) is 4.03. The lowest BCUT2D eigenvalue weighted by Gasteiger charge is -2.39. The highest BCUT2D eigenvalue weighted by Crippen LogP contribution is 2.37. The number of hydrogen-bond acceptors (Lipinski definition) is 5. The maximum absolute atomic E-state index is 12.3. The lowest BCUT2D eigenvalue weighted by Crippen LogP contribution is -2.55. The van der Waals surface area contributed by atoms with E-state index in [-0.39, 0.29) is 12.5 Å². The molecule has 1 saturated heterocycles. The van der Waals surface area contributed by atoms with E-state index in [0.29, 0.717) is 6.54 Å². The van der Waals surface area contributed by atoms with Crippen LogP contribution in [-0.2, 0) is 11.2 Å². The Morgan fingerprint density at radius 3 is 2.40 bits per heavy atom. The minimum atomic E-state index is -1.08. The van der Waals surface area contributed by atoms with Crippen LogP contribution in [0.5, 0.6) is 0 Å². The Balaban J connectivity index is 2.15. The predicted molar refractivity (Wildman–Crippen MR) is 96.0 cm³/mol. The number of benzene rings is 1. The number of carbonyl (C=O) groups excluding carboxylic acids is 1. The van der Waals surface area contributed by atoms with Gasteiger partial charge in [-0.1, -0.05) is 30.3 Å². The summed E-state index contributed by atoms with van der Waals surface area (Å²) in [7, 11) is 1.56. The number of aryl methyl sites for hydroxylation is 1. The van der Waals surface area contributed by atoms with E-state index < -0.39 is 29.7 Å². The Bertz CT molecular complexity index is 564. The largest absolute Gasteiger partial charge is 0.395 e. The van der Waals surface area contributed by atoms with Gasteiger partial charge in [-0.3, -0.25) is 9.69 Å². The maximum atomic E-state index is 12.3. The van der Waals surface area contributed by atoms with E-state index in [1.165, 1.54) is 5.56 Å². The normalized spacial score (nSPS) is 27.4. The molecule has 4 atom stereocenters. The van der Waals surface area contributed by atoms with E-state index in [4.69, 9.17) is 0 Å². The van der Waals surface area contributed by atoms with Crippen LogP contribution in [0.2, 0.25) is 0 Å². The Hall–Kier alpha value is -1.47. The molecule has 0 saturated carbocycles. The number of rotatable bonds is 7. The molecule has 1 aliphatic rings. The number of aliphatic hydroxyl groups is 3. The standard InChI is InChI=1S/C19H30N2O4/c1-19(2,18(25)20-3)17-16(24)15(23)14(12-22)21(17)11-7-10-13-8-5-4-6-9-13/h4-6,8-9,14-17,22-24H,7,10-12H2,1-3H3,(H,20,25)/t14-,15-,16-,17+/m1/s1. The van der Waals surface area contributed by atoms with E-state index in [1.54, 1.807) is 20.9 Å². The Kier molecular flexibility index (Phi) is 6.57. The Labute approximate surface area is 149 Å². The second-order valence-electron chi connectivity index (χ2n) is 7.30. The van der Waals surface area contributed by atoms with E-state index in [2.05, 4.69) is 17.4 Å². The fraction of sp³-hybridized carbons (Fsp3) is 0.632. The molecule has 1 fully saturated rings. The Morgan fingerprint density at radius 2 is 1.84 bits per heavy atom. The summed E-state index contributed by atoms with van der Waals surface area (Å²) in [4.78, 5) is 14.2. The highest BCUT2D eigenvalue weighted by Gasteiger charge is 2.55. The molecule has 0 spiro atoms. The summed E-state index contributed by atoms with van der Waals surface area (Å²) in [6.07, 6.45) is -0.494. The van der Waals surface area contributed by atoms with E-state index in [1.807, 2.05) is 23.1 Å². The summed E-state index contributed by atoms with van der Waals surface area (Å²) < 4.78 is 0. The average molecular weight is 350 g/mol. The molecule has 25 heavy (non-hydrogen) atoms. The molecule has 6 nitrogen and oxygen atoms in total. The van der Waals surface area contributed by atoms with Gasteiger partial charge in [0.15, 0.2) is 0 Å². The van der Waals surface area contributed by atoms with Crippen LogP contribution in [0.25, 0.3) is 0 Å². The molecule has 140 valence electrons. The number of likely N-dealkylation sites (tertiary alicyclic amines) is 1. The van der Waals surface area contributed by atoms with Crippen molar-refractivity contribution in [3.8, 4) is 0 Å². The second-order valence-corrected chi connectivity index (χ2v) is 7.30. The van der Waals surface area contributed by atoms with Crippen LogP contribution in [0.4, 0.5) is 0 Å². The van der Waals surface area contributed by atoms with Gasteiger partial charge >= 0.3 is 0 Å². The maximum Gasteiger partial charge on any atom is 0.227 e. The summed E-state index contributed by atoms with van der Waals surface area (Å²) in [5.41, 5.74) is 0.316. The van der Waals surface area contributed by atoms with Gasteiger partial charge in [-0.25, -0.2) is 0 Å². The SMILES string of the molecule is CNC(=O)C(C)(C)[C@@H]1[C@H](O)[C@H](O)[C@@H](CO)N1CCCc1ccccc1. The van der Waals surface area contributed by atoms with Gasteiger partial charge in [-0.05, 0) is 38.8 Å². The predicted octanol–water partition coefficient (Wildman–Crippen LogP) is 0.158. The molecule has 0 unspecified atom stereocenters. The summed E-state index contributed by atoms with van der Waals surface area (Å²) in [6.45, 7) is 3.84. The van der Waals surface area contributed by atoms with Gasteiger partial charge in [0.25, 0.3) is 0 Å². The molecule has 0 bridgehead atoms. The van der Waals surface area contributed by atoms with Crippen molar-refractivity contribution in [1.82, 2.24) is 10.2 Å². The summed E-state index contributed by atoms with van der Waals surface area (Å²) >= 11 is 0. The molecule has 0 aromatic heterocycles. The van der Waals surface area contributed by atoms with Gasteiger partial charge in [0.05, 0.1) is 36.3 Å². The molecule has 0 radical (unpaired) electrons. The molecule has 0 aliphatic carbocycles. The number of nitrogens with zero attached hydrogens (tertiary/aromatic N) is 1. The van der Waals surface area contributed by atoms with Crippen molar-refractivity contribution in [2.24, 2.45) is 5.41 Å². The molecule has 1 aromatic carbocycles. The van der Waals surface area contributed by atoms with Crippen LogP contribution in [0.15, 0.2) is 30.3 Å².